The fourth-order valence-electron chi connectivity index (χ4n) is 1.13. The Hall–Kier alpha value is -0.343. The molecule has 0 unspecified atom stereocenters. The average Bonchev–Trinajstić information content (AvgIpc) is 2.48. The van der Waals surface area contributed by atoms with Crippen molar-refractivity contribution in [3.8, 4) is 0 Å². The molecule has 0 rings (SSSR count). The summed E-state index contributed by atoms with van der Waals surface area (Å²) in [5, 5.41) is 0. The smallest absolute Gasteiger partial charge is 0.462 e. The molecule has 0 aromatic rings. The number of rotatable bonds is 9. The molecule has 0 amide bonds. The maximum Gasteiger partial charge on any atom is 0.500 e. The van der Waals surface area contributed by atoms with Crippen molar-refractivity contribution in [2.75, 3.05) is 33.7 Å². The van der Waals surface area contributed by atoms with E-state index in [1.54, 1.807) is 28.3 Å². The second-order valence-corrected chi connectivity index (χ2v) is 7.43. The molecule has 5 nitrogen and oxygen atoms in total. The van der Waals surface area contributed by atoms with Gasteiger partial charge in [-0.05, 0) is 25.5 Å². The van der Waals surface area contributed by atoms with Crippen LogP contribution in [0.15, 0.2) is 12.2 Å². The summed E-state index contributed by atoms with van der Waals surface area (Å²) < 4.78 is 20.6. The summed E-state index contributed by atoms with van der Waals surface area (Å²) >= 11 is 3.86. The number of thiol groups is 1. The summed E-state index contributed by atoms with van der Waals surface area (Å²) in [6.45, 7) is 8.95. The molecule has 0 aromatic heterocycles. The van der Waals surface area contributed by atoms with E-state index in [4.69, 9.17) is 18.0 Å². The van der Waals surface area contributed by atoms with E-state index in [0.29, 0.717) is 24.6 Å². The third-order valence-electron chi connectivity index (χ3n) is 2.30. The number of hydrogen-bond acceptors (Lipinski definition) is 6. The van der Waals surface area contributed by atoms with Crippen LogP contribution in [-0.2, 0) is 22.8 Å². The lowest BCUT2D eigenvalue weighted by atomic mass is 10.4. The molecule has 0 spiro atoms. The highest BCUT2D eigenvalue weighted by atomic mass is 32.1. The molecule has 0 aliphatic carbocycles. The number of carbonyl (C=O) groups excluding carboxylic acids is 1. The lowest BCUT2D eigenvalue weighted by Crippen LogP contribution is -2.42. The van der Waals surface area contributed by atoms with Gasteiger partial charge >= 0.3 is 14.8 Å². The van der Waals surface area contributed by atoms with Crippen LogP contribution in [0.2, 0.25) is 6.04 Å². The first kappa shape index (κ1) is 21.9. The zero-order chi connectivity index (χ0) is 16.0. The van der Waals surface area contributed by atoms with Gasteiger partial charge in [0.1, 0.15) is 0 Å². The second kappa shape index (κ2) is 13.6. The van der Waals surface area contributed by atoms with Crippen LogP contribution in [0.1, 0.15) is 19.8 Å². The van der Waals surface area contributed by atoms with Gasteiger partial charge in [-0.15, -0.1) is 0 Å². The summed E-state index contributed by atoms with van der Waals surface area (Å²) in [7, 11) is 2.13. The molecule has 0 N–H and O–H groups in total. The van der Waals surface area contributed by atoms with E-state index in [-0.39, 0.29) is 5.97 Å². The van der Waals surface area contributed by atoms with E-state index in [1.165, 1.54) is 0 Å². The molecular weight excluding hydrogens is 296 g/mol. The monoisotopic (exact) mass is 323 g/mol. The van der Waals surface area contributed by atoms with Gasteiger partial charge in [0.25, 0.3) is 0 Å². The maximum atomic E-state index is 11.1. The van der Waals surface area contributed by atoms with Crippen molar-refractivity contribution in [3.05, 3.63) is 19.1 Å². The van der Waals surface area contributed by atoms with Crippen LogP contribution in [0.5, 0.6) is 0 Å². The van der Waals surface area contributed by atoms with E-state index in [0.717, 1.165) is 12.2 Å². The van der Waals surface area contributed by atoms with E-state index < -0.39 is 8.80 Å². The summed E-state index contributed by atoms with van der Waals surface area (Å²) in [5.74, 6) is 0.527. The van der Waals surface area contributed by atoms with Crippen LogP contribution in [0.4, 0.5) is 0 Å². The Balaban J connectivity index is 0. The Morgan fingerprint density at radius 2 is 1.65 bits per heavy atom. The molecule has 0 atom stereocenters. The van der Waals surface area contributed by atoms with Crippen LogP contribution in [0, 0.1) is 6.92 Å². The van der Waals surface area contributed by atoms with Crippen molar-refractivity contribution in [3.63, 3.8) is 0 Å². The molecular formula is C13H27O5SSi. The van der Waals surface area contributed by atoms with E-state index in [1.807, 2.05) is 0 Å². The van der Waals surface area contributed by atoms with Crippen LogP contribution in [0.3, 0.4) is 0 Å². The lowest BCUT2D eigenvalue weighted by molar-refractivity contribution is -0.139. The average molecular weight is 324 g/mol. The largest absolute Gasteiger partial charge is 0.500 e. The highest BCUT2D eigenvalue weighted by molar-refractivity contribution is 7.80. The summed E-state index contributed by atoms with van der Waals surface area (Å²) in [6.07, 6.45) is 1.57. The van der Waals surface area contributed by atoms with Crippen LogP contribution in [-0.4, -0.2) is 48.5 Å². The maximum absolute atomic E-state index is 11.1. The molecule has 0 saturated carbocycles. The van der Waals surface area contributed by atoms with E-state index in [2.05, 4.69) is 26.1 Å². The Bertz CT molecular complexity index is 259. The van der Waals surface area contributed by atoms with Gasteiger partial charge in [0.05, 0.1) is 6.61 Å². The zero-order valence-corrected chi connectivity index (χ0v) is 14.8. The van der Waals surface area contributed by atoms with Gasteiger partial charge in [-0.3, -0.25) is 0 Å². The first-order chi connectivity index (χ1) is 9.42. The number of carbonyl (C=O) groups is 1. The van der Waals surface area contributed by atoms with Crippen molar-refractivity contribution in [1.29, 1.82) is 0 Å². The van der Waals surface area contributed by atoms with Crippen LogP contribution < -0.4 is 0 Å². The highest BCUT2D eigenvalue weighted by Gasteiger charge is 2.36. The molecule has 1 radical (unpaired) electrons. The van der Waals surface area contributed by atoms with Gasteiger partial charge in [-0.1, -0.05) is 13.5 Å². The van der Waals surface area contributed by atoms with Gasteiger partial charge in [-0.25, -0.2) is 4.79 Å². The zero-order valence-electron chi connectivity index (χ0n) is 12.9. The Kier molecular flexibility index (Phi) is 15.0. The fourth-order valence-corrected chi connectivity index (χ4v) is 2.82. The molecule has 0 bridgehead atoms. The fraction of sp³-hybridized carbons (Fsp3) is 0.692. The predicted octanol–water partition coefficient (Wildman–Crippen LogP) is 2.51. The van der Waals surface area contributed by atoms with Crippen molar-refractivity contribution in [2.24, 2.45) is 0 Å². The minimum absolute atomic E-state index is 0.316. The second-order valence-electron chi connectivity index (χ2n) is 3.89. The molecule has 0 aliphatic rings. The highest BCUT2D eigenvalue weighted by Crippen LogP contribution is 2.14. The minimum Gasteiger partial charge on any atom is -0.462 e. The quantitative estimate of drug-likeness (QED) is 0.232. The van der Waals surface area contributed by atoms with Gasteiger partial charge in [0.15, 0.2) is 0 Å². The van der Waals surface area contributed by atoms with Crippen molar-refractivity contribution >= 4 is 27.4 Å². The minimum atomic E-state index is -2.53. The molecule has 0 fully saturated rings. The summed E-state index contributed by atoms with van der Waals surface area (Å²) in [4.78, 5) is 11.1. The van der Waals surface area contributed by atoms with Gasteiger partial charge in [0.2, 0.25) is 0 Å². The van der Waals surface area contributed by atoms with E-state index >= 15 is 0 Å². The Morgan fingerprint density at radius 1 is 1.20 bits per heavy atom. The number of ether oxygens (including phenoxy) is 1. The lowest BCUT2D eigenvalue weighted by Gasteiger charge is -2.24. The Labute approximate surface area is 129 Å². The molecule has 0 heterocycles. The molecule has 20 heavy (non-hydrogen) atoms. The van der Waals surface area contributed by atoms with Crippen LogP contribution >= 0.6 is 12.6 Å². The standard InChI is InChI=1S/C10H20O5Si.C3H7S/c1-9(2)10(11)15-7-6-8-16(12-3,13-4)14-5;1-2-3-4/h1,6-8H2,2-5H3;4H,1-3H2. The third-order valence-corrected chi connectivity index (χ3v) is 5.45. The number of hydrogen-bond donors (Lipinski definition) is 1. The van der Waals surface area contributed by atoms with Gasteiger partial charge in [-0.2, -0.15) is 12.6 Å². The molecule has 0 aliphatic heterocycles. The van der Waals surface area contributed by atoms with E-state index in [9.17, 15) is 4.79 Å². The van der Waals surface area contributed by atoms with Crippen LogP contribution in [0.25, 0.3) is 0 Å². The topological polar surface area (TPSA) is 54.0 Å². The van der Waals surface area contributed by atoms with Crippen molar-refractivity contribution in [2.45, 2.75) is 25.8 Å². The summed E-state index contributed by atoms with van der Waals surface area (Å²) in [5.41, 5.74) is 0.397. The van der Waals surface area contributed by atoms with Gasteiger partial charge in [0, 0.05) is 32.9 Å². The predicted molar refractivity (Wildman–Crippen MR) is 85.8 cm³/mol. The van der Waals surface area contributed by atoms with Crippen molar-refractivity contribution in [1.82, 2.24) is 0 Å². The first-order valence-corrected chi connectivity index (χ1v) is 8.87. The van der Waals surface area contributed by atoms with Gasteiger partial charge < -0.3 is 18.0 Å². The molecule has 7 heteroatoms. The molecule has 119 valence electrons. The third kappa shape index (κ3) is 10.4. The normalized spacial score (nSPS) is 10.5. The molecule has 0 saturated heterocycles. The van der Waals surface area contributed by atoms with Crippen molar-refractivity contribution < 1.29 is 22.8 Å². The first-order valence-electron chi connectivity index (χ1n) is 6.31. The molecule has 0 aromatic carbocycles. The SMILES string of the molecule is C=C(C)C(=O)OCCC[Si](OC)(OC)OC.[CH2]CCS. The Morgan fingerprint density at radius 3 is 1.95 bits per heavy atom. The summed E-state index contributed by atoms with van der Waals surface area (Å²) in [6, 6.07) is 0.611. The number of esters is 1.